The Labute approximate surface area is 123 Å². The van der Waals surface area contributed by atoms with E-state index >= 15 is 0 Å². The predicted molar refractivity (Wildman–Crippen MR) is 79.2 cm³/mol. The molecule has 2 aromatic rings. The van der Waals surface area contributed by atoms with Crippen molar-refractivity contribution < 1.29 is 9.18 Å². The lowest BCUT2D eigenvalue weighted by molar-refractivity contribution is -0.125. The van der Waals surface area contributed by atoms with Crippen molar-refractivity contribution in [3.8, 4) is 0 Å². The maximum Gasteiger partial charge on any atom is 0.237 e. The number of amides is 1. The Morgan fingerprint density at radius 1 is 1.05 bits per heavy atom. The Balaban J connectivity index is 1.76. The number of halogens is 1. The molecule has 3 rings (SSSR count). The highest BCUT2D eigenvalue weighted by molar-refractivity contribution is 5.83. The number of hydrogen-bond acceptors (Lipinski definition) is 2. The van der Waals surface area contributed by atoms with Gasteiger partial charge in [-0.1, -0.05) is 48.5 Å². The summed E-state index contributed by atoms with van der Waals surface area (Å²) < 4.78 is 13.9. The van der Waals surface area contributed by atoms with E-state index in [4.69, 9.17) is 0 Å². The van der Waals surface area contributed by atoms with Crippen LogP contribution in [0, 0.1) is 5.82 Å². The van der Waals surface area contributed by atoms with E-state index in [0.29, 0.717) is 18.5 Å². The molecular weight excluding hydrogens is 267 g/mol. The van der Waals surface area contributed by atoms with E-state index in [1.165, 1.54) is 6.07 Å². The first-order valence-electron chi connectivity index (χ1n) is 7.06. The first kappa shape index (κ1) is 13.8. The fraction of sp³-hybridized carbons (Fsp3) is 0.235. The summed E-state index contributed by atoms with van der Waals surface area (Å²) in [6, 6.07) is 16.0. The Kier molecular flexibility index (Phi) is 3.97. The van der Waals surface area contributed by atoms with Crippen LogP contribution in [0.3, 0.4) is 0 Å². The molecule has 3 nitrogen and oxygen atoms in total. The van der Waals surface area contributed by atoms with Crippen LogP contribution in [0.15, 0.2) is 54.6 Å². The van der Waals surface area contributed by atoms with Crippen LogP contribution >= 0.6 is 0 Å². The van der Waals surface area contributed by atoms with Crippen molar-refractivity contribution in [1.82, 2.24) is 10.6 Å². The van der Waals surface area contributed by atoms with Gasteiger partial charge in [-0.3, -0.25) is 10.1 Å². The Morgan fingerprint density at radius 2 is 1.76 bits per heavy atom. The number of nitrogens with one attached hydrogen (secondary N) is 2. The molecule has 1 saturated heterocycles. The van der Waals surface area contributed by atoms with Gasteiger partial charge in [-0.05, 0) is 18.1 Å². The Morgan fingerprint density at radius 3 is 2.52 bits per heavy atom. The van der Waals surface area contributed by atoms with Gasteiger partial charge in [0, 0.05) is 12.1 Å². The van der Waals surface area contributed by atoms with Gasteiger partial charge in [0.25, 0.3) is 0 Å². The molecule has 4 heteroatoms. The van der Waals surface area contributed by atoms with Gasteiger partial charge in [0.05, 0.1) is 12.1 Å². The van der Waals surface area contributed by atoms with Crippen LogP contribution in [-0.2, 0) is 11.2 Å². The minimum absolute atomic E-state index is 0.0357. The maximum absolute atomic E-state index is 13.9. The number of carbonyl (C=O) groups excluding carboxylic acids is 1. The maximum atomic E-state index is 13.9. The molecule has 2 aromatic carbocycles. The molecule has 0 unspecified atom stereocenters. The molecule has 2 N–H and O–H groups in total. The van der Waals surface area contributed by atoms with Crippen molar-refractivity contribution in [2.45, 2.75) is 18.5 Å². The van der Waals surface area contributed by atoms with E-state index in [0.717, 1.165) is 5.56 Å². The third kappa shape index (κ3) is 3.11. The van der Waals surface area contributed by atoms with Gasteiger partial charge in [-0.15, -0.1) is 0 Å². The normalized spacial score (nSPS) is 21.9. The molecular formula is C17H17FN2O. The molecule has 0 radical (unpaired) electrons. The molecule has 1 heterocycles. The van der Waals surface area contributed by atoms with Crippen LogP contribution in [0.25, 0.3) is 0 Å². The summed E-state index contributed by atoms with van der Waals surface area (Å²) in [7, 11) is 0. The third-order valence-electron chi connectivity index (χ3n) is 3.76. The second-order valence-electron chi connectivity index (χ2n) is 5.23. The molecule has 0 saturated carbocycles. The van der Waals surface area contributed by atoms with E-state index < -0.39 is 0 Å². The molecule has 1 amide bonds. The second-order valence-corrected chi connectivity index (χ2v) is 5.23. The van der Waals surface area contributed by atoms with E-state index in [1.54, 1.807) is 12.1 Å². The van der Waals surface area contributed by atoms with Gasteiger partial charge in [-0.25, -0.2) is 4.39 Å². The lowest BCUT2D eigenvalue weighted by atomic mass is 9.98. The van der Waals surface area contributed by atoms with Crippen molar-refractivity contribution in [3.05, 3.63) is 71.5 Å². The second kappa shape index (κ2) is 6.06. The summed E-state index contributed by atoms with van der Waals surface area (Å²) in [6.07, 6.45) is 0.595. The highest BCUT2D eigenvalue weighted by Crippen LogP contribution is 2.20. The third-order valence-corrected chi connectivity index (χ3v) is 3.76. The topological polar surface area (TPSA) is 41.1 Å². The van der Waals surface area contributed by atoms with Crippen LogP contribution in [0.5, 0.6) is 0 Å². The van der Waals surface area contributed by atoms with Crippen LogP contribution in [0.2, 0.25) is 0 Å². The lowest BCUT2D eigenvalue weighted by Crippen LogP contribution is -2.55. The van der Waals surface area contributed by atoms with Gasteiger partial charge in [-0.2, -0.15) is 0 Å². The summed E-state index contributed by atoms with van der Waals surface area (Å²) in [5, 5.41) is 6.12. The average Bonchev–Trinajstić information content (AvgIpc) is 2.51. The van der Waals surface area contributed by atoms with Crippen LogP contribution in [0.4, 0.5) is 4.39 Å². The predicted octanol–water partition coefficient (Wildman–Crippen LogP) is 2.20. The summed E-state index contributed by atoms with van der Waals surface area (Å²) in [5.41, 5.74) is 1.68. The van der Waals surface area contributed by atoms with E-state index in [2.05, 4.69) is 10.6 Å². The summed E-state index contributed by atoms with van der Waals surface area (Å²) in [4.78, 5) is 12.0. The van der Waals surface area contributed by atoms with Crippen molar-refractivity contribution >= 4 is 5.91 Å². The molecule has 0 aliphatic carbocycles. The van der Waals surface area contributed by atoms with Gasteiger partial charge in [0.1, 0.15) is 5.82 Å². The molecule has 2 atom stereocenters. The highest BCUT2D eigenvalue weighted by atomic mass is 19.1. The molecule has 1 fully saturated rings. The van der Waals surface area contributed by atoms with E-state index in [1.807, 2.05) is 36.4 Å². The van der Waals surface area contributed by atoms with Gasteiger partial charge in [0.15, 0.2) is 0 Å². The monoisotopic (exact) mass is 284 g/mol. The SMILES string of the molecule is O=C1NC[C@H](c2ccccc2F)N[C@H]1Cc1ccccc1. The zero-order valence-corrected chi connectivity index (χ0v) is 11.6. The minimum atomic E-state index is -0.342. The fourth-order valence-corrected chi connectivity index (χ4v) is 2.66. The van der Waals surface area contributed by atoms with Crippen molar-refractivity contribution in [1.29, 1.82) is 0 Å². The molecule has 21 heavy (non-hydrogen) atoms. The van der Waals surface area contributed by atoms with Crippen LogP contribution in [-0.4, -0.2) is 18.5 Å². The molecule has 108 valence electrons. The number of benzene rings is 2. The number of hydrogen-bond donors (Lipinski definition) is 2. The molecule has 0 aromatic heterocycles. The zero-order valence-electron chi connectivity index (χ0n) is 11.6. The molecule has 0 bridgehead atoms. The van der Waals surface area contributed by atoms with Gasteiger partial charge < -0.3 is 5.32 Å². The number of rotatable bonds is 3. The summed E-state index contributed by atoms with van der Waals surface area (Å²) in [5.74, 6) is -0.281. The standard InChI is InChI=1S/C17H17FN2O/c18-14-9-5-4-8-13(14)16-11-19-17(21)15(20-16)10-12-6-2-1-3-7-12/h1-9,15-16,20H,10-11H2,(H,19,21)/t15-,16+/m0/s1. The first-order valence-corrected chi connectivity index (χ1v) is 7.06. The minimum Gasteiger partial charge on any atom is -0.353 e. The highest BCUT2D eigenvalue weighted by Gasteiger charge is 2.29. The van der Waals surface area contributed by atoms with E-state index in [-0.39, 0.29) is 23.8 Å². The zero-order chi connectivity index (χ0) is 14.7. The molecule has 1 aliphatic rings. The van der Waals surface area contributed by atoms with E-state index in [9.17, 15) is 9.18 Å². The molecule has 1 aliphatic heterocycles. The Hall–Kier alpha value is -2.20. The Bertz CT molecular complexity index is 630. The number of piperazine rings is 1. The smallest absolute Gasteiger partial charge is 0.237 e. The quantitative estimate of drug-likeness (QED) is 0.907. The summed E-state index contributed by atoms with van der Waals surface area (Å²) in [6.45, 7) is 0.408. The number of carbonyl (C=O) groups is 1. The van der Waals surface area contributed by atoms with Crippen molar-refractivity contribution in [2.24, 2.45) is 0 Å². The van der Waals surface area contributed by atoms with Gasteiger partial charge in [0.2, 0.25) is 5.91 Å². The largest absolute Gasteiger partial charge is 0.353 e. The fourth-order valence-electron chi connectivity index (χ4n) is 2.66. The van der Waals surface area contributed by atoms with Gasteiger partial charge >= 0.3 is 0 Å². The average molecular weight is 284 g/mol. The van der Waals surface area contributed by atoms with Crippen LogP contribution in [0.1, 0.15) is 17.2 Å². The first-order chi connectivity index (χ1) is 10.2. The van der Waals surface area contributed by atoms with Crippen molar-refractivity contribution in [2.75, 3.05) is 6.54 Å². The van der Waals surface area contributed by atoms with Crippen molar-refractivity contribution in [3.63, 3.8) is 0 Å². The molecule has 0 spiro atoms. The lowest BCUT2D eigenvalue weighted by Gasteiger charge is -2.31. The summed E-state index contributed by atoms with van der Waals surface area (Å²) >= 11 is 0. The van der Waals surface area contributed by atoms with Crippen LogP contribution < -0.4 is 10.6 Å².